The largest absolute Gasteiger partial charge is 0.460 e. The topological polar surface area (TPSA) is 46.6 Å². The van der Waals surface area contributed by atoms with E-state index in [9.17, 15) is 9.59 Å². The smallest absolute Gasteiger partial charge is 0.334 e. The molecule has 2 aliphatic carbocycles. The fraction of sp³-hybridized carbons (Fsp3) is 0.833. The Labute approximate surface area is 170 Å². The first-order chi connectivity index (χ1) is 13.1. The summed E-state index contributed by atoms with van der Waals surface area (Å²) in [6.07, 6.45) is 6.04. The van der Waals surface area contributed by atoms with Crippen LogP contribution in [0.3, 0.4) is 0 Å². The Morgan fingerprint density at radius 2 is 1.89 bits per heavy atom. The maximum Gasteiger partial charge on any atom is 0.334 e. The number of carbonyl (C=O) groups is 2. The molecule has 1 unspecified atom stereocenters. The fourth-order valence-electron chi connectivity index (χ4n) is 7.55. The van der Waals surface area contributed by atoms with E-state index in [0.29, 0.717) is 23.5 Å². The number of esters is 1. The molecule has 0 amide bonds. The van der Waals surface area contributed by atoms with Crippen LogP contribution < -0.4 is 0 Å². The number of fused-ring (bicyclic) bond motifs is 5. The lowest BCUT2D eigenvalue weighted by Gasteiger charge is -2.62. The van der Waals surface area contributed by atoms with Crippen LogP contribution in [0.1, 0.15) is 80.1 Å². The number of ether oxygens (including phenoxy) is 1. The van der Waals surface area contributed by atoms with Crippen molar-refractivity contribution < 1.29 is 14.3 Å². The molecule has 3 fully saturated rings. The van der Waals surface area contributed by atoms with Crippen molar-refractivity contribution in [2.75, 3.05) is 6.54 Å². The number of Topliss-reactive ketones (excluding diaryl/α,β-unsaturated/α-hetero) is 1. The molecule has 1 saturated carbocycles. The third-order valence-electron chi connectivity index (χ3n) is 8.87. The highest BCUT2D eigenvalue weighted by atomic mass is 16.5. The lowest BCUT2D eigenvalue weighted by molar-refractivity contribution is -0.154. The van der Waals surface area contributed by atoms with Gasteiger partial charge in [0.05, 0.1) is 12.1 Å². The van der Waals surface area contributed by atoms with E-state index in [0.717, 1.165) is 50.6 Å². The van der Waals surface area contributed by atoms with Gasteiger partial charge in [-0.25, -0.2) is 4.79 Å². The molecule has 2 aliphatic heterocycles. The van der Waals surface area contributed by atoms with Gasteiger partial charge < -0.3 is 4.74 Å². The van der Waals surface area contributed by atoms with Crippen LogP contribution >= 0.6 is 0 Å². The van der Waals surface area contributed by atoms with Crippen LogP contribution in [0.5, 0.6) is 0 Å². The van der Waals surface area contributed by atoms with Gasteiger partial charge in [-0.1, -0.05) is 12.5 Å². The Morgan fingerprint density at radius 1 is 1.18 bits per heavy atom. The van der Waals surface area contributed by atoms with Crippen molar-refractivity contribution in [3.8, 4) is 0 Å². The van der Waals surface area contributed by atoms with Crippen molar-refractivity contribution >= 4 is 11.8 Å². The number of nitrogens with zero attached hydrogens (tertiary/aromatic N) is 1. The monoisotopic (exact) mass is 387 g/mol. The van der Waals surface area contributed by atoms with Gasteiger partial charge in [-0.3, -0.25) is 9.69 Å². The van der Waals surface area contributed by atoms with Crippen LogP contribution in [0.25, 0.3) is 0 Å². The number of hydrogen-bond acceptors (Lipinski definition) is 4. The van der Waals surface area contributed by atoms with Crippen molar-refractivity contribution in [2.24, 2.45) is 23.2 Å². The number of allylic oxidation sites excluding steroid dienone is 1. The van der Waals surface area contributed by atoms with E-state index in [2.05, 4.69) is 32.6 Å². The summed E-state index contributed by atoms with van der Waals surface area (Å²) in [6.45, 7) is 13.9. The molecule has 4 aliphatic rings. The van der Waals surface area contributed by atoms with Gasteiger partial charge in [-0.05, 0) is 91.0 Å². The van der Waals surface area contributed by atoms with E-state index in [1.807, 2.05) is 13.8 Å². The first-order valence-electron chi connectivity index (χ1n) is 11.3. The van der Waals surface area contributed by atoms with Crippen LogP contribution in [0.2, 0.25) is 0 Å². The summed E-state index contributed by atoms with van der Waals surface area (Å²) in [7, 11) is 0. The van der Waals surface area contributed by atoms with Gasteiger partial charge in [-0.15, -0.1) is 0 Å². The minimum atomic E-state index is -0.0866. The molecule has 2 saturated heterocycles. The summed E-state index contributed by atoms with van der Waals surface area (Å²) in [4.78, 5) is 27.8. The quantitative estimate of drug-likeness (QED) is 0.654. The van der Waals surface area contributed by atoms with Gasteiger partial charge in [0.15, 0.2) is 0 Å². The van der Waals surface area contributed by atoms with Gasteiger partial charge in [-0.2, -0.15) is 0 Å². The number of hydrogen-bond donors (Lipinski definition) is 0. The van der Waals surface area contributed by atoms with E-state index < -0.39 is 0 Å². The summed E-state index contributed by atoms with van der Waals surface area (Å²) < 4.78 is 5.64. The molecule has 28 heavy (non-hydrogen) atoms. The molecule has 0 aromatic heterocycles. The average molecular weight is 388 g/mol. The number of piperidine rings is 2. The van der Waals surface area contributed by atoms with E-state index in [1.165, 1.54) is 5.57 Å². The van der Waals surface area contributed by atoms with E-state index in [4.69, 9.17) is 4.74 Å². The highest BCUT2D eigenvalue weighted by Gasteiger charge is 2.60. The van der Waals surface area contributed by atoms with E-state index >= 15 is 0 Å². The first-order valence-corrected chi connectivity index (χ1v) is 11.3. The minimum absolute atomic E-state index is 0.0497. The second kappa shape index (κ2) is 6.68. The molecule has 0 bridgehead atoms. The summed E-state index contributed by atoms with van der Waals surface area (Å²) in [6, 6.07) is 0.0630. The molecule has 0 radical (unpaired) electrons. The molecule has 0 aromatic rings. The summed E-state index contributed by atoms with van der Waals surface area (Å²) in [5.74, 6) is 2.13. The zero-order valence-corrected chi connectivity index (χ0v) is 18.5. The number of rotatable bonds is 2. The van der Waals surface area contributed by atoms with Crippen molar-refractivity contribution in [3.63, 3.8) is 0 Å². The Kier molecular flexibility index (Phi) is 4.80. The van der Waals surface area contributed by atoms with E-state index in [1.54, 1.807) is 0 Å². The Morgan fingerprint density at radius 3 is 2.57 bits per heavy atom. The third kappa shape index (κ3) is 2.74. The molecule has 4 nitrogen and oxygen atoms in total. The Bertz CT molecular complexity index is 725. The van der Waals surface area contributed by atoms with Crippen LogP contribution in [-0.4, -0.2) is 40.9 Å². The molecule has 4 heteroatoms. The standard InChI is InChI=1S/C24H37NO3/c1-14(2)28-22(27)21-15(3)13-19-17-9-12-25-16(4)20(26)8-11-24(25,6)18(17)7-10-23(19,21)5/h14,16-19H,7-13H2,1-6H3/t16?,17-,18-,19+,23+,24-/m1/s1. The minimum Gasteiger partial charge on any atom is -0.460 e. The zero-order valence-electron chi connectivity index (χ0n) is 18.5. The van der Waals surface area contributed by atoms with Crippen LogP contribution in [0.15, 0.2) is 11.1 Å². The third-order valence-corrected chi connectivity index (χ3v) is 8.87. The van der Waals surface area contributed by atoms with Crippen molar-refractivity contribution in [1.82, 2.24) is 4.90 Å². The van der Waals surface area contributed by atoms with Gasteiger partial charge in [0.25, 0.3) is 0 Å². The van der Waals surface area contributed by atoms with Crippen LogP contribution in [0.4, 0.5) is 0 Å². The van der Waals surface area contributed by atoms with Gasteiger partial charge in [0.2, 0.25) is 0 Å². The Balaban J connectivity index is 1.62. The molecule has 0 N–H and O–H groups in total. The van der Waals surface area contributed by atoms with Crippen LogP contribution in [0, 0.1) is 23.2 Å². The zero-order chi connectivity index (χ0) is 20.4. The maximum atomic E-state index is 12.9. The molecule has 0 aromatic carbocycles. The highest BCUT2D eigenvalue weighted by molar-refractivity contribution is 5.92. The lowest BCUT2D eigenvalue weighted by atomic mass is 9.51. The van der Waals surface area contributed by atoms with Gasteiger partial charge in [0, 0.05) is 22.9 Å². The molecule has 6 atom stereocenters. The predicted octanol–water partition coefficient (Wildman–Crippen LogP) is 4.52. The highest BCUT2D eigenvalue weighted by Crippen LogP contribution is 2.63. The molecular weight excluding hydrogens is 350 g/mol. The summed E-state index contributed by atoms with van der Waals surface area (Å²) in [5.41, 5.74) is 2.31. The fourth-order valence-corrected chi connectivity index (χ4v) is 7.55. The first kappa shape index (κ1) is 20.1. The average Bonchev–Trinajstić information content (AvgIpc) is 2.88. The SMILES string of the molecule is CC1=C(C(=O)OC(C)C)[C@@]2(C)CC[C@@H]3[C@@H](CCN4C(C)C(=O)CC[C@]34C)[C@@H]2C1. The molecule has 2 heterocycles. The Hall–Kier alpha value is -1.16. The maximum absolute atomic E-state index is 12.9. The summed E-state index contributed by atoms with van der Waals surface area (Å²) >= 11 is 0. The van der Waals surface area contributed by atoms with Crippen LogP contribution in [-0.2, 0) is 14.3 Å². The second-order valence-electron chi connectivity index (χ2n) is 10.6. The molecule has 4 rings (SSSR count). The molecular formula is C24H37NO3. The molecule has 156 valence electrons. The lowest BCUT2D eigenvalue weighted by Crippen LogP contribution is -2.67. The van der Waals surface area contributed by atoms with Crippen molar-refractivity contribution in [2.45, 2.75) is 97.8 Å². The number of ketones is 1. The predicted molar refractivity (Wildman–Crippen MR) is 110 cm³/mol. The second-order valence-corrected chi connectivity index (χ2v) is 10.6. The van der Waals surface area contributed by atoms with Crippen molar-refractivity contribution in [1.29, 1.82) is 0 Å². The molecule has 0 spiro atoms. The normalized spacial score (nSPS) is 43.6. The van der Waals surface area contributed by atoms with Gasteiger partial charge >= 0.3 is 5.97 Å². The van der Waals surface area contributed by atoms with Gasteiger partial charge in [0.1, 0.15) is 5.78 Å². The number of carbonyl (C=O) groups excluding carboxylic acids is 2. The van der Waals surface area contributed by atoms with Crippen molar-refractivity contribution in [3.05, 3.63) is 11.1 Å². The van der Waals surface area contributed by atoms with E-state index in [-0.39, 0.29) is 29.1 Å². The summed E-state index contributed by atoms with van der Waals surface area (Å²) in [5, 5.41) is 0.